The molecule has 1 aromatic rings. The molecule has 5 nitrogen and oxygen atoms in total. The number of amidine groups is 1. The molecule has 1 atom stereocenters. The van der Waals surface area contributed by atoms with E-state index < -0.39 is 0 Å². The van der Waals surface area contributed by atoms with E-state index in [9.17, 15) is 0 Å². The van der Waals surface area contributed by atoms with E-state index in [4.69, 9.17) is 15.9 Å². The summed E-state index contributed by atoms with van der Waals surface area (Å²) in [6.45, 7) is 5.31. The standard InChI is InChI=1S/C16H26N4O/c1-4-11(2)10-20(3)16-13(15(17)19-21)9-12-7-5-6-8-14(12)18-16/h9,11,21H,4-8,10H2,1-3H3,(H2,17,19). The zero-order valence-electron chi connectivity index (χ0n) is 13.3. The minimum atomic E-state index is 0.141. The summed E-state index contributed by atoms with van der Waals surface area (Å²) in [6, 6.07) is 2.05. The Morgan fingerprint density at radius 3 is 2.86 bits per heavy atom. The number of oxime groups is 1. The fourth-order valence-electron chi connectivity index (χ4n) is 2.84. The molecule has 0 saturated heterocycles. The molecule has 0 radical (unpaired) electrons. The minimum absolute atomic E-state index is 0.141. The van der Waals surface area contributed by atoms with Crippen LogP contribution >= 0.6 is 0 Å². The molecule has 1 heterocycles. The minimum Gasteiger partial charge on any atom is -0.409 e. The lowest BCUT2D eigenvalue weighted by Crippen LogP contribution is -2.29. The number of anilines is 1. The number of hydrogen-bond donors (Lipinski definition) is 2. The van der Waals surface area contributed by atoms with Crippen LogP contribution in [-0.2, 0) is 12.8 Å². The second kappa shape index (κ2) is 6.78. The van der Waals surface area contributed by atoms with Crippen LogP contribution in [0.25, 0.3) is 0 Å². The van der Waals surface area contributed by atoms with Gasteiger partial charge in [-0.05, 0) is 43.2 Å². The molecule has 21 heavy (non-hydrogen) atoms. The molecule has 1 aromatic heterocycles. The van der Waals surface area contributed by atoms with E-state index in [1.807, 2.05) is 7.05 Å². The Bertz CT molecular complexity index is 527. The van der Waals surface area contributed by atoms with Crippen LogP contribution in [0, 0.1) is 5.92 Å². The Kier molecular flexibility index (Phi) is 5.04. The number of nitrogens with two attached hydrogens (primary N) is 1. The Balaban J connectivity index is 2.41. The van der Waals surface area contributed by atoms with Crippen molar-refractivity contribution in [3.05, 3.63) is 22.9 Å². The van der Waals surface area contributed by atoms with Crippen molar-refractivity contribution in [3.63, 3.8) is 0 Å². The van der Waals surface area contributed by atoms with Crippen LogP contribution in [0.15, 0.2) is 11.2 Å². The first-order valence-electron chi connectivity index (χ1n) is 7.78. The highest BCUT2D eigenvalue weighted by Gasteiger charge is 2.20. The Morgan fingerprint density at radius 2 is 2.19 bits per heavy atom. The quantitative estimate of drug-likeness (QED) is 0.378. The topological polar surface area (TPSA) is 74.7 Å². The fraction of sp³-hybridized carbons (Fsp3) is 0.625. The van der Waals surface area contributed by atoms with Gasteiger partial charge in [-0.15, -0.1) is 0 Å². The van der Waals surface area contributed by atoms with E-state index in [0.717, 1.165) is 37.2 Å². The number of aromatic nitrogens is 1. The van der Waals surface area contributed by atoms with E-state index in [-0.39, 0.29) is 5.84 Å². The van der Waals surface area contributed by atoms with Crippen LogP contribution in [0.5, 0.6) is 0 Å². The Morgan fingerprint density at radius 1 is 1.48 bits per heavy atom. The third-order valence-electron chi connectivity index (χ3n) is 4.31. The number of aryl methyl sites for hydroxylation is 2. The van der Waals surface area contributed by atoms with E-state index in [2.05, 4.69) is 30.0 Å². The lowest BCUT2D eigenvalue weighted by atomic mass is 9.94. The second-order valence-corrected chi connectivity index (χ2v) is 6.05. The van der Waals surface area contributed by atoms with Gasteiger partial charge in [-0.25, -0.2) is 4.98 Å². The maximum absolute atomic E-state index is 9.04. The van der Waals surface area contributed by atoms with Crippen molar-refractivity contribution in [3.8, 4) is 0 Å². The number of pyridine rings is 1. The van der Waals surface area contributed by atoms with Gasteiger partial charge in [0.1, 0.15) is 5.82 Å². The highest BCUT2D eigenvalue weighted by Crippen LogP contribution is 2.27. The molecule has 2 rings (SSSR count). The van der Waals surface area contributed by atoms with Gasteiger partial charge in [0, 0.05) is 19.3 Å². The van der Waals surface area contributed by atoms with Gasteiger partial charge >= 0.3 is 0 Å². The van der Waals surface area contributed by atoms with Crippen LogP contribution in [-0.4, -0.2) is 29.6 Å². The van der Waals surface area contributed by atoms with Gasteiger partial charge in [0.2, 0.25) is 0 Å². The molecule has 0 saturated carbocycles. The Hall–Kier alpha value is -1.78. The molecule has 0 amide bonds. The van der Waals surface area contributed by atoms with E-state index in [1.54, 1.807) is 0 Å². The molecule has 0 aromatic carbocycles. The third kappa shape index (κ3) is 3.46. The fourth-order valence-corrected chi connectivity index (χ4v) is 2.84. The molecule has 0 aliphatic heterocycles. The van der Waals surface area contributed by atoms with E-state index in [1.165, 1.54) is 24.1 Å². The number of fused-ring (bicyclic) bond motifs is 1. The molecule has 1 aliphatic carbocycles. The van der Waals surface area contributed by atoms with Gasteiger partial charge in [-0.3, -0.25) is 0 Å². The monoisotopic (exact) mass is 290 g/mol. The molecule has 0 fully saturated rings. The van der Waals surface area contributed by atoms with Crippen molar-refractivity contribution in [1.29, 1.82) is 0 Å². The average molecular weight is 290 g/mol. The SMILES string of the molecule is CCC(C)CN(C)c1nc2c(cc1C(N)=NO)CCCC2. The van der Waals surface area contributed by atoms with Gasteiger partial charge in [0.25, 0.3) is 0 Å². The largest absolute Gasteiger partial charge is 0.409 e. The predicted molar refractivity (Wildman–Crippen MR) is 86.1 cm³/mol. The molecule has 116 valence electrons. The molecule has 1 unspecified atom stereocenters. The van der Waals surface area contributed by atoms with Gasteiger partial charge in [0.15, 0.2) is 5.84 Å². The smallest absolute Gasteiger partial charge is 0.173 e. The van der Waals surface area contributed by atoms with E-state index in [0.29, 0.717) is 5.92 Å². The van der Waals surface area contributed by atoms with Crippen LogP contribution in [0.2, 0.25) is 0 Å². The Labute approximate surface area is 126 Å². The summed E-state index contributed by atoms with van der Waals surface area (Å²) in [7, 11) is 2.03. The van der Waals surface area contributed by atoms with Crippen molar-refractivity contribution in [2.24, 2.45) is 16.8 Å². The highest BCUT2D eigenvalue weighted by molar-refractivity contribution is 6.01. The van der Waals surface area contributed by atoms with Crippen LogP contribution in [0.1, 0.15) is 49.9 Å². The number of nitrogens with zero attached hydrogens (tertiary/aromatic N) is 3. The molecule has 0 spiro atoms. The van der Waals surface area contributed by atoms with Crippen LogP contribution < -0.4 is 10.6 Å². The maximum atomic E-state index is 9.04. The van der Waals surface area contributed by atoms with Crippen molar-refractivity contribution < 1.29 is 5.21 Å². The summed E-state index contributed by atoms with van der Waals surface area (Å²) in [5, 5.41) is 12.2. The molecule has 0 bridgehead atoms. The summed E-state index contributed by atoms with van der Waals surface area (Å²) >= 11 is 0. The zero-order valence-corrected chi connectivity index (χ0v) is 13.3. The number of rotatable bonds is 5. The first kappa shape index (κ1) is 15.6. The van der Waals surface area contributed by atoms with Crippen LogP contribution in [0.3, 0.4) is 0 Å². The summed E-state index contributed by atoms with van der Waals surface area (Å²) in [6.07, 6.45) is 5.55. The highest BCUT2D eigenvalue weighted by atomic mass is 16.4. The summed E-state index contributed by atoms with van der Waals surface area (Å²) in [5.41, 5.74) is 9.01. The maximum Gasteiger partial charge on any atom is 0.173 e. The van der Waals surface area contributed by atoms with Gasteiger partial charge in [0.05, 0.1) is 5.56 Å². The third-order valence-corrected chi connectivity index (χ3v) is 4.31. The first-order chi connectivity index (χ1) is 10.1. The predicted octanol–water partition coefficient (Wildman–Crippen LogP) is 2.54. The first-order valence-corrected chi connectivity index (χ1v) is 7.78. The van der Waals surface area contributed by atoms with Gasteiger partial charge in [-0.1, -0.05) is 25.4 Å². The van der Waals surface area contributed by atoms with Gasteiger partial charge in [-0.2, -0.15) is 0 Å². The average Bonchev–Trinajstić information content (AvgIpc) is 2.52. The molecule has 5 heteroatoms. The zero-order chi connectivity index (χ0) is 15.4. The van der Waals surface area contributed by atoms with Crippen LogP contribution in [0.4, 0.5) is 5.82 Å². The summed E-state index contributed by atoms with van der Waals surface area (Å²) in [4.78, 5) is 6.94. The van der Waals surface area contributed by atoms with Crippen molar-refractivity contribution in [1.82, 2.24) is 4.98 Å². The summed E-state index contributed by atoms with van der Waals surface area (Å²) < 4.78 is 0. The lowest BCUT2D eigenvalue weighted by Gasteiger charge is -2.26. The van der Waals surface area contributed by atoms with Crippen molar-refractivity contribution in [2.75, 3.05) is 18.5 Å². The normalized spacial score (nSPS) is 16.4. The van der Waals surface area contributed by atoms with Crippen molar-refractivity contribution in [2.45, 2.75) is 46.0 Å². The molecule has 3 N–H and O–H groups in total. The molecule has 1 aliphatic rings. The number of hydrogen-bond acceptors (Lipinski definition) is 4. The second-order valence-electron chi connectivity index (χ2n) is 6.05. The van der Waals surface area contributed by atoms with Gasteiger partial charge < -0.3 is 15.8 Å². The summed E-state index contributed by atoms with van der Waals surface area (Å²) in [5.74, 6) is 1.54. The lowest BCUT2D eigenvalue weighted by molar-refractivity contribution is 0.318. The molecular formula is C16H26N4O. The molecular weight excluding hydrogens is 264 g/mol. The van der Waals surface area contributed by atoms with Crippen molar-refractivity contribution >= 4 is 11.7 Å². The van der Waals surface area contributed by atoms with E-state index >= 15 is 0 Å².